The van der Waals surface area contributed by atoms with E-state index in [1.54, 1.807) is 0 Å². The van der Waals surface area contributed by atoms with E-state index in [1.165, 1.54) is 0 Å². The van der Waals surface area contributed by atoms with Gasteiger partial charge in [0.05, 0.1) is 0 Å². The van der Waals surface area contributed by atoms with E-state index in [9.17, 15) is 0 Å². The Kier molecular flexibility index (Phi) is 11.4. The maximum absolute atomic E-state index is 7.75. The van der Waals surface area contributed by atoms with E-state index in [4.69, 9.17) is 9.59 Å². The largest absolute Gasteiger partial charge is 3.00 e. The third kappa shape index (κ3) is 7.49. The van der Waals surface area contributed by atoms with Crippen molar-refractivity contribution < 1.29 is 26.1 Å². The summed E-state index contributed by atoms with van der Waals surface area (Å²) in [4.78, 5) is 20.0. The normalized spacial score (nSPS) is 13.9. The van der Waals surface area contributed by atoms with E-state index in [0.29, 0.717) is 0 Å². The van der Waals surface area contributed by atoms with Gasteiger partial charge in [0.1, 0.15) is 0 Å². The Morgan fingerprint density at radius 2 is 1.00 bits per heavy atom. The van der Waals surface area contributed by atoms with Crippen molar-refractivity contribution in [3.8, 4) is 0 Å². The second-order valence-electron chi connectivity index (χ2n) is 5.57. The maximum Gasteiger partial charge on any atom is 3.00 e. The van der Waals surface area contributed by atoms with Crippen LogP contribution in [0.5, 0.6) is 0 Å². The Hall–Kier alpha value is -0.826. The fourth-order valence-electron chi connectivity index (χ4n) is 1.15. The summed E-state index contributed by atoms with van der Waals surface area (Å²) in [6.07, 6.45) is 4.26. The Morgan fingerprint density at radius 3 is 1.11 bits per heavy atom. The number of nitrogens with zero attached hydrogens (tertiary/aromatic N) is 2. The molecule has 4 nitrogen and oxygen atoms in total. The average Bonchev–Trinajstić information content (AvgIpc) is 2.71. The first-order valence-corrected chi connectivity index (χ1v) is 5.28. The minimum Gasteiger partial charge on any atom is -0.545 e. The van der Waals surface area contributed by atoms with Gasteiger partial charge in [-0.15, -0.1) is 0 Å². The third-order valence-corrected chi connectivity index (χ3v) is 2.19. The Balaban J connectivity index is -0.000000409. The van der Waals surface area contributed by atoms with Crippen LogP contribution >= 0.6 is 0 Å². The summed E-state index contributed by atoms with van der Waals surface area (Å²) in [6, 6.07) is 0. The Bertz CT molecular complexity index is 220. The number of hydrogen-bond acceptors (Lipinski definition) is 4. The first kappa shape index (κ1) is 22.4. The first-order valence-electron chi connectivity index (χ1n) is 5.28. The van der Waals surface area contributed by atoms with Crippen LogP contribution < -0.4 is 0 Å². The summed E-state index contributed by atoms with van der Waals surface area (Å²) in [5.74, 6) is 0. The number of carbonyl (C=O) groups excluding carboxylic acids is 2. The van der Waals surface area contributed by atoms with Crippen LogP contribution in [0.25, 0.3) is 0 Å². The molecule has 18 heavy (non-hydrogen) atoms. The van der Waals surface area contributed by atoms with Gasteiger partial charge in [-0.2, -0.15) is 6.67 Å². The standard InChI is InChI=1S/C11H21N2.2CHO.Ni/c1-10(2,3)12-7-8-13(9-12)11(4,5)6;2*1-2;/h7-9H,1-6H3;2*1H;/q3*-1;+3. The molecule has 1 aliphatic heterocycles. The Labute approximate surface area is 121 Å². The van der Waals surface area contributed by atoms with Gasteiger partial charge in [0.2, 0.25) is 0 Å². The molecular formula is C13H23N2NiO2. The van der Waals surface area contributed by atoms with Gasteiger partial charge in [-0.3, -0.25) is 13.6 Å². The monoisotopic (exact) mass is 297 g/mol. The van der Waals surface area contributed by atoms with Crippen LogP contribution in [0.15, 0.2) is 12.4 Å². The molecule has 0 saturated heterocycles. The summed E-state index contributed by atoms with van der Waals surface area (Å²) >= 11 is 0. The molecule has 1 heterocycles. The molecule has 0 amide bonds. The zero-order valence-corrected chi connectivity index (χ0v) is 12.9. The van der Waals surface area contributed by atoms with Crippen molar-refractivity contribution in [1.29, 1.82) is 0 Å². The SMILES string of the molecule is CC(C)(C)N1C=CN(C(C)(C)C)[CH-]1.[CH-]=O.[CH-]=O.[Ni+3]. The van der Waals surface area contributed by atoms with Crippen LogP contribution in [0, 0.1) is 6.67 Å². The van der Waals surface area contributed by atoms with E-state index in [1.807, 2.05) is 0 Å². The predicted octanol–water partition coefficient (Wildman–Crippen LogP) is 2.24. The van der Waals surface area contributed by atoms with Crippen molar-refractivity contribution in [2.45, 2.75) is 52.6 Å². The molecule has 0 unspecified atom stereocenters. The molecule has 0 fully saturated rings. The summed E-state index contributed by atoms with van der Waals surface area (Å²) in [5, 5.41) is 0. The van der Waals surface area contributed by atoms with Crippen molar-refractivity contribution in [2.24, 2.45) is 0 Å². The average molecular weight is 298 g/mol. The van der Waals surface area contributed by atoms with Crippen LogP contribution in [-0.4, -0.2) is 34.5 Å². The van der Waals surface area contributed by atoms with Gasteiger partial charge in [0.15, 0.2) is 0 Å². The first-order chi connectivity index (χ1) is 7.71. The van der Waals surface area contributed by atoms with Crippen molar-refractivity contribution in [3.63, 3.8) is 0 Å². The number of rotatable bonds is 0. The van der Waals surface area contributed by atoms with Crippen LogP contribution in [-0.2, 0) is 26.1 Å². The van der Waals surface area contributed by atoms with Gasteiger partial charge < -0.3 is 19.4 Å². The van der Waals surface area contributed by atoms with Crippen LogP contribution in [0.1, 0.15) is 41.5 Å². The Morgan fingerprint density at radius 1 is 0.778 bits per heavy atom. The third-order valence-electron chi connectivity index (χ3n) is 2.19. The molecule has 1 aliphatic rings. The minimum absolute atomic E-state index is 0. The second-order valence-corrected chi connectivity index (χ2v) is 5.57. The van der Waals surface area contributed by atoms with E-state index < -0.39 is 0 Å². The molecule has 1 rings (SSSR count). The maximum atomic E-state index is 7.75. The van der Waals surface area contributed by atoms with Crippen LogP contribution in [0.3, 0.4) is 0 Å². The van der Waals surface area contributed by atoms with Crippen molar-refractivity contribution in [3.05, 3.63) is 19.1 Å². The molecule has 0 atom stereocenters. The van der Waals surface area contributed by atoms with Gasteiger partial charge in [-0.25, -0.2) is 0 Å². The number of hydrogen-bond donors (Lipinski definition) is 0. The summed E-state index contributed by atoms with van der Waals surface area (Å²) in [6.45, 7) is 21.9. The second kappa shape index (κ2) is 9.15. The minimum atomic E-state index is 0. The molecule has 0 N–H and O–H groups in total. The zero-order valence-electron chi connectivity index (χ0n) is 11.9. The van der Waals surface area contributed by atoms with Gasteiger partial charge in [-0.1, -0.05) is 0 Å². The molecule has 0 aromatic rings. The van der Waals surface area contributed by atoms with Gasteiger partial charge in [-0.05, 0) is 53.9 Å². The molecule has 0 aromatic carbocycles. The topological polar surface area (TPSA) is 40.6 Å². The molecule has 107 valence electrons. The fourth-order valence-corrected chi connectivity index (χ4v) is 1.15. The summed E-state index contributed by atoms with van der Waals surface area (Å²) in [5.41, 5.74) is 0.354. The van der Waals surface area contributed by atoms with Crippen molar-refractivity contribution in [1.82, 2.24) is 9.80 Å². The molecule has 0 saturated carbocycles. The van der Waals surface area contributed by atoms with Gasteiger partial charge in [0, 0.05) is 11.1 Å². The van der Waals surface area contributed by atoms with Gasteiger partial charge >= 0.3 is 16.5 Å². The predicted molar refractivity (Wildman–Crippen MR) is 70.1 cm³/mol. The quantitative estimate of drug-likeness (QED) is 0.391. The van der Waals surface area contributed by atoms with E-state index in [0.717, 1.165) is 0 Å². The summed E-state index contributed by atoms with van der Waals surface area (Å²) in [7, 11) is 0. The van der Waals surface area contributed by atoms with Gasteiger partial charge in [0.25, 0.3) is 0 Å². The smallest absolute Gasteiger partial charge is 0.545 e. The van der Waals surface area contributed by atoms with E-state index in [2.05, 4.69) is 84.0 Å². The van der Waals surface area contributed by atoms with E-state index in [-0.39, 0.29) is 27.6 Å². The molecule has 5 heteroatoms. The van der Waals surface area contributed by atoms with Crippen molar-refractivity contribution >= 4 is 13.6 Å². The molecule has 0 aromatic heterocycles. The van der Waals surface area contributed by atoms with Crippen LogP contribution in [0.4, 0.5) is 0 Å². The molecule has 1 radical (unpaired) electrons. The molecular weight excluding hydrogens is 275 g/mol. The molecule has 0 bridgehead atoms. The van der Waals surface area contributed by atoms with E-state index >= 15 is 0 Å². The summed E-state index contributed by atoms with van der Waals surface area (Å²) < 4.78 is 0. The zero-order chi connectivity index (χ0) is 14.3. The van der Waals surface area contributed by atoms with Crippen LogP contribution in [0.2, 0.25) is 0 Å². The van der Waals surface area contributed by atoms with Crippen molar-refractivity contribution in [2.75, 3.05) is 0 Å². The molecule has 0 aliphatic carbocycles. The molecule has 0 spiro atoms. The fraction of sp³-hybridized carbons (Fsp3) is 0.615.